The Bertz CT molecular complexity index is 1480. The fraction of sp³-hybridized carbons (Fsp3) is 0.440. The smallest absolute Gasteiger partial charge is 0.253 e. The van der Waals surface area contributed by atoms with Gasteiger partial charge in [0, 0.05) is 38.0 Å². The molecule has 0 spiro atoms. The first-order valence-corrected chi connectivity index (χ1v) is 14.6. The molecule has 38 heavy (non-hydrogen) atoms. The van der Waals surface area contributed by atoms with Crippen molar-refractivity contribution in [3.63, 3.8) is 0 Å². The maximum Gasteiger partial charge on any atom is 0.253 e. The number of carbonyl (C=O) groups excluding carboxylic acids is 2. The second-order valence-electron chi connectivity index (χ2n) is 9.03. The number of ketones is 1. The fourth-order valence-corrected chi connectivity index (χ4v) is 5.48. The van der Waals surface area contributed by atoms with E-state index in [1.165, 1.54) is 23.6 Å². The van der Waals surface area contributed by atoms with Crippen LogP contribution in [0.1, 0.15) is 32.0 Å². The number of aromatic nitrogens is 3. The summed E-state index contributed by atoms with van der Waals surface area (Å²) in [6.07, 6.45) is 3.14. The lowest BCUT2D eigenvalue weighted by Crippen LogP contribution is -2.45. The molecule has 1 saturated heterocycles. The van der Waals surface area contributed by atoms with Gasteiger partial charge >= 0.3 is 0 Å². The molecule has 4 rings (SSSR count). The van der Waals surface area contributed by atoms with Crippen LogP contribution in [0.15, 0.2) is 42.0 Å². The first-order valence-electron chi connectivity index (χ1n) is 12.9. The number of nitrogens with zero attached hydrogens (tertiary/aromatic N) is 4. The van der Waals surface area contributed by atoms with Crippen LogP contribution in [0, 0.1) is 0 Å². The second kappa shape index (κ2) is 11.7. The zero-order valence-electron chi connectivity index (χ0n) is 23.4. The maximum absolute atomic E-state index is 13.2. The molecule has 0 unspecified atom stereocenters. The maximum atomic E-state index is 13.2. The van der Waals surface area contributed by atoms with Gasteiger partial charge in [0.25, 0.3) is 5.91 Å². The lowest BCUT2D eigenvalue weighted by molar-refractivity contribution is -0.121. The minimum absolute atomic E-state index is 0.0540. The van der Waals surface area contributed by atoms with Gasteiger partial charge in [0.1, 0.15) is 16.9 Å². The molecule has 1 amide bonds. The summed E-state index contributed by atoms with van der Waals surface area (Å²) in [5, 5.41) is 4.53. The van der Waals surface area contributed by atoms with Gasteiger partial charge in [0.2, 0.25) is 10.0 Å². The molecular formula is C25H31N5O6S2. The van der Waals surface area contributed by atoms with Crippen molar-refractivity contribution in [3.8, 4) is 11.4 Å². The highest BCUT2D eigenvalue weighted by Gasteiger charge is 2.25. The van der Waals surface area contributed by atoms with Gasteiger partial charge in [-0.3, -0.25) is 13.6 Å². The van der Waals surface area contributed by atoms with Crippen molar-refractivity contribution >= 4 is 38.9 Å². The Hall–Kier alpha value is -3.13. The van der Waals surface area contributed by atoms with Crippen molar-refractivity contribution in [1.82, 2.24) is 19.3 Å². The minimum Gasteiger partial charge on any atom is -0.382 e. The van der Waals surface area contributed by atoms with Crippen molar-refractivity contribution in [2.24, 2.45) is 0 Å². The molecule has 204 valence electrons. The molecule has 1 N–H and O–H groups in total. The average molecular weight is 564 g/mol. The number of amides is 1. The topological polar surface area (TPSA) is 133 Å². The molecule has 0 aromatic carbocycles. The van der Waals surface area contributed by atoms with Crippen LogP contribution in [0.3, 0.4) is 0 Å². The molecule has 13 heteroatoms. The number of hydrogen-bond donors (Lipinski definition) is 1. The summed E-state index contributed by atoms with van der Waals surface area (Å²) in [7, 11) is -2.53. The van der Waals surface area contributed by atoms with Crippen LogP contribution in [0.25, 0.3) is 11.4 Å². The van der Waals surface area contributed by atoms with Gasteiger partial charge in [-0.05, 0) is 32.0 Å². The molecule has 11 nitrogen and oxygen atoms in total. The fourth-order valence-electron chi connectivity index (χ4n) is 4.09. The number of ether oxygens (including phenoxy) is 2. The van der Waals surface area contributed by atoms with Crippen LogP contribution in [-0.2, 0) is 30.7 Å². The molecule has 1 aliphatic heterocycles. The molecule has 0 saturated carbocycles. The number of thiazole rings is 1. The number of hydrogen-bond acceptors (Lipinski definition) is 10. The molecule has 1 fully saturated rings. The number of rotatable bonds is 10. The van der Waals surface area contributed by atoms with E-state index in [1.807, 2.05) is 32.0 Å². The second-order valence-corrected chi connectivity index (χ2v) is 11.9. The highest BCUT2D eigenvalue weighted by molar-refractivity contribution is 7.89. The summed E-state index contributed by atoms with van der Waals surface area (Å²) in [6, 6.07) is 5.22. The zero-order chi connectivity index (χ0) is 29.2. The van der Waals surface area contributed by atoms with Crippen molar-refractivity contribution in [2.45, 2.75) is 38.5 Å². The van der Waals surface area contributed by atoms with Crippen LogP contribution in [0.4, 0.5) is 5.82 Å². The minimum atomic E-state index is -3.62. The van der Waals surface area contributed by atoms with E-state index in [0.717, 1.165) is 29.4 Å². The van der Waals surface area contributed by atoms with Gasteiger partial charge < -0.3 is 19.7 Å². The molecule has 0 bridgehead atoms. The number of methoxy groups -OCH3 is 1. The van der Waals surface area contributed by atoms with Crippen molar-refractivity contribution in [1.29, 1.82) is 0 Å². The molecule has 3 aromatic heterocycles. The summed E-state index contributed by atoms with van der Waals surface area (Å²) in [6.45, 7) is 2.93. The number of pyridine rings is 1. The number of nitrogens with one attached hydrogen (secondary N) is 1. The van der Waals surface area contributed by atoms with Crippen LogP contribution in [-0.4, -0.2) is 85.3 Å². The third-order valence-corrected chi connectivity index (χ3v) is 7.61. The Morgan fingerprint density at radius 1 is 1.24 bits per heavy atom. The highest BCUT2D eigenvalue weighted by atomic mass is 32.2. The summed E-state index contributed by atoms with van der Waals surface area (Å²) in [5.41, 5.74) is 1.15. The Labute approximate surface area is 228 Å². The number of morpholine rings is 1. The van der Waals surface area contributed by atoms with Gasteiger partial charge in [-0.25, -0.2) is 18.4 Å². The van der Waals surface area contributed by atoms with E-state index in [-0.39, 0.29) is 24.2 Å². The normalized spacial score (nSPS) is 19.9. The Kier molecular flexibility index (Phi) is 7.76. The first kappa shape index (κ1) is 25.2. The van der Waals surface area contributed by atoms with E-state index >= 15 is 0 Å². The molecule has 1 aliphatic rings. The molecule has 0 radical (unpaired) electrons. The van der Waals surface area contributed by atoms with E-state index in [0.29, 0.717) is 29.5 Å². The van der Waals surface area contributed by atoms with Crippen molar-refractivity contribution in [3.05, 3.63) is 52.6 Å². The Morgan fingerprint density at radius 3 is 2.63 bits per heavy atom. The van der Waals surface area contributed by atoms with Crippen LogP contribution in [0.5, 0.6) is 0 Å². The van der Waals surface area contributed by atoms with Gasteiger partial charge in [-0.1, -0.05) is 6.07 Å². The molecule has 4 heterocycles. The largest absolute Gasteiger partial charge is 0.382 e. The third kappa shape index (κ3) is 6.84. The number of carbonyl (C=O) groups is 2. The van der Waals surface area contributed by atoms with E-state index in [2.05, 4.69) is 15.2 Å². The summed E-state index contributed by atoms with van der Waals surface area (Å²) in [4.78, 5) is 37.4. The lowest BCUT2D eigenvalue weighted by Gasteiger charge is -2.36. The van der Waals surface area contributed by atoms with Gasteiger partial charge in [0.15, 0.2) is 5.78 Å². The Balaban J connectivity index is 1.49. The standard InChI is InChI=1S/C25H31N5O6S2/c1-16-11-29(12-17(2)36-16)23-7-5-6-19(26-23)21-15-37-24(27-21)10-22(31)20(14-35-3)28-25(32)18-8-9-30(13-18)38(4,33)34/h5-9,13,15-17,20H,10-12,14H2,1-4H3,(H,28,32)/t16-,17+,20-/m0/s1/i14D2. The molecular weight excluding hydrogens is 530 g/mol. The van der Waals surface area contributed by atoms with Crippen LogP contribution >= 0.6 is 11.3 Å². The van der Waals surface area contributed by atoms with Gasteiger partial charge in [-0.2, -0.15) is 0 Å². The number of Topliss-reactive ketones (excluding diaryl/α,β-unsaturated/α-hetero) is 1. The Morgan fingerprint density at radius 2 is 1.97 bits per heavy atom. The predicted molar refractivity (Wildman–Crippen MR) is 144 cm³/mol. The molecule has 3 aromatic rings. The zero-order valence-corrected chi connectivity index (χ0v) is 23.1. The monoisotopic (exact) mass is 563 g/mol. The van der Waals surface area contributed by atoms with Crippen LogP contribution < -0.4 is 10.2 Å². The first-order chi connectivity index (χ1) is 18.8. The highest BCUT2D eigenvalue weighted by Crippen LogP contribution is 2.25. The summed E-state index contributed by atoms with van der Waals surface area (Å²) < 4.78 is 51.3. The van der Waals surface area contributed by atoms with Gasteiger partial charge in [-0.15, -0.1) is 11.3 Å². The lowest BCUT2D eigenvalue weighted by atomic mass is 10.1. The summed E-state index contributed by atoms with van der Waals surface area (Å²) in [5.74, 6) is -0.693. The van der Waals surface area contributed by atoms with Crippen molar-refractivity contribution in [2.75, 3.05) is 37.9 Å². The molecule has 3 atom stereocenters. The molecule has 0 aliphatic carbocycles. The quantitative estimate of drug-likeness (QED) is 0.393. The average Bonchev–Trinajstić information content (AvgIpc) is 3.57. The van der Waals surface area contributed by atoms with E-state index < -0.39 is 34.3 Å². The summed E-state index contributed by atoms with van der Waals surface area (Å²) >= 11 is 1.22. The third-order valence-electron chi connectivity index (χ3n) is 5.76. The van der Waals surface area contributed by atoms with E-state index in [4.69, 9.17) is 17.2 Å². The SMILES string of the molecule is [2H]C([2H])(OC)[C@H](NC(=O)c1ccn(S(C)(=O)=O)c1)C(=O)Cc1nc(-c2cccc(N3C[C@@H](C)O[C@@H](C)C3)n2)cs1. The van der Waals surface area contributed by atoms with E-state index in [1.54, 1.807) is 5.38 Å². The van der Waals surface area contributed by atoms with Gasteiger partial charge in [0.05, 0.1) is 51.1 Å². The number of anilines is 1. The predicted octanol–water partition coefficient (Wildman–Crippen LogP) is 1.98. The van der Waals surface area contributed by atoms with E-state index in [9.17, 15) is 18.0 Å². The van der Waals surface area contributed by atoms with Crippen LogP contribution in [0.2, 0.25) is 0 Å². The van der Waals surface area contributed by atoms with Crippen molar-refractivity contribution < 1.29 is 30.2 Å².